The molecule has 0 amide bonds. The number of rotatable bonds is 4. The van der Waals surface area contributed by atoms with Crippen molar-refractivity contribution in [3.05, 3.63) is 24.3 Å². The molecule has 1 heterocycles. The van der Waals surface area contributed by atoms with Gasteiger partial charge in [0.25, 0.3) is 0 Å². The molecule has 0 saturated heterocycles. The van der Waals surface area contributed by atoms with Crippen LogP contribution >= 0.6 is 0 Å². The molecule has 0 aliphatic heterocycles. The quantitative estimate of drug-likeness (QED) is 0.574. The Hall–Kier alpha value is -1.91. The Morgan fingerprint density at radius 3 is 2.80 bits per heavy atom. The number of hydrogen-bond donors (Lipinski definition) is 2. The third kappa shape index (κ3) is 2.52. The lowest BCUT2D eigenvalue weighted by molar-refractivity contribution is -0.138. The summed E-state index contributed by atoms with van der Waals surface area (Å²) in [4.78, 5) is 10.7. The molecule has 0 unspecified atom stereocenters. The molecule has 0 saturated carbocycles. The van der Waals surface area contributed by atoms with Crippen LogP contribution in [0.5, 0.6) is 11.8 Å². The van der Waals surface area contributed by atoms with Crippen molar-refractivity contribution in [3.8, 4) is 11.8 Å². The zero-order chi connectivity index (χ0) is 11.4. The van der Waals surface area contributed by atoms with Crippen LogP contribution in [-0.4, -0.2) is 27.4 Å². The third-order valence-corrected chi connectivity index (χ3v) is 1.96. The first-order chi connectivity index (χ1) is 7.06. The molecular formula is C10H13NO4. The molecule has 15 heavy (non-hydrogen) atoms. The minimum Gasteiger partial charge on any atom is -0.494 e. The van der Waals surface area contributed by atoms with E-state index in [1.807, 2.05) is 0 Å². The van der Waals surface area contributed by atoms with Crippen LogP contribution in [0.1, 0.15) is 5.56 Å². The molecule has 5 heteroatoms. The Bertz CT molecular complexity index is 381. The van der Waals surface area contributed by atoms with Gasteiger partial charge in [0.15, 0.2) is 11.8 Å². The number of carbonyl (C=O) groups is 1. The van der Waals surface area contributed by atoms with Crippen LogP contribution in [0.25, 0.3) is 0 Å². The summed E-state index contributed by atoms with van der Waals surface area (Å²) in [5, 5.41) is 18.9. The van der Waals surface area contributed by atoms with Crippen LogP contribution in [-0.2, 0) is 16.1 Å². The summed E-state index contributed by atoms with van der Waals surface area (Å²) in [5.41, 5.74) is 0.572. The van der Waals surface area contributed by atoms with E-state index in [-0.39, 0.29) is 24.9 Å². The van der Waals surface area contributed by atoms with Crippen LogP contribution in [0, 0.1) is 6.92 Å². The number of esters is 1. The number of carbonyl (C=O) groups excluding carboxylic acids is 1. The second-order valence-corrected chi connectivity index (χ2v) is 3.03. The van der Waals surface area contributed by atoms with Gasteiger partial charge in [-0.1, -0.05) is 6.58 Å². The summed E-state index contributed by atoms with van der Waals surface area (Å²) in [5.74, 6) is -0.611. The highest BCUT2D eigenvalue weighted by Crippen LogP contribution is 2.25. The molecule has 0 aromatic carbocycles. The van der Waals surface area contributed by atoms with Crippen molar-refractivity contribution in [3.63, 3.8) is 0 Å². The van der Waals surface area contributed by atoms with Gasteiger partial charge in [0.2, 0.25) is 0 Å². The lowest BCUT2D eigenvalue weighted by Gasteiger charge is -2.06. The maximum atomic E-state index is 10.7. The maximum Gasteiger partial charge on any atom is 0.330 e. The van der Waals surface area contributed by atoms with E-state index < -0.39 is 5.97 Å². The highest BCUT2D eigenvalue weighted by molar-refractivity contribution is 5.81. The Kier molecular flexibility index (Phi) is 3.38. The Labute approximate surface area is 87.2 Å². The van der Waals surface area contributed by atoms with Crippen molar-refractivity contribution in [2.75, 3.05) is 6.61 Å². The van der Waals surface area contributed by atoms with E-state index in [1.54, 1.807) is 6.92 Å². The normalized spacial score (nSPS) is 9.93. The molecule has 0 bridgehead atoms. The van der Waals surface area contributed by atoms with Crippen LogP contribution in [0.2, 0.25) is 0 Å². The van der Waals surface area contributed by atoms with Gasteiger partial charge < -0.3 is 14.9 Å². The molecule has 0 aliphatic carbocycles. The predicted molar refractivity (Wildman–Crippen MR) is 53.7 cm³/mol. The molecule has 1 aromatic heterocycles. The average Bonchev–Trinajstić information content (AvgIpc) is 2.44. The summed E-state index contributed by atoms with van der Waals surface area (Å²) in [6.07, 6.45) is 1.06. The fraction of sp³-hybridized carbons (Fsp3) is 0.300. The van der Waals surface area contributed by atoms with Crippen LogP contribution in [0.15, 0.2) is 18.7 Å². The van der Waals surface area contributed by atoms with Crippen molar-refractivity contribution >= 4 is 5.97 Å². The molecule has 0 radical (unpaired) electrons. The van der Waals surface area contributed by atoms with Gasteiger partial charge in [-0.2, -0.15) is 0 Å². The fourth-order valence-corrected chi connectivity index (χ4v) is 1.17. The molecule has 82 valence electrons. The van der Waals surface area contributed by atoms with Crippen LogP contribution < -0.4 is 0 Å². The summed E-state index contributed by atoms with van der Waals surface area (Å²) < 4.78 is 5.97. The zero-order valence-electron chi connectivity index (χ0n) is 8.43. The van der Waals surface area contributed by atoms with Gasteiger partial charge in [0.05, 0.1) is 6.54 Å². The van der Waals surface area contributed by atoms with Crippen LogP contribution in [0.4, 0.5) is 0 Å². The zero-order valence-corrected chi connectivity index (χ0v) is 8.43. The van der Waals surface area contributed by atoms with E-state index in [4.69, 9.17) is 4.74 Å². The van der Waals surface area contributed by atoms with Crippen molar-refractivity contribution in [1.82, 2.24) is 4.57 Å². The molecule has 2 N–H and O–H groups in total. The summed E-state index contributed by atoms with van der Waals surface area (Å²) in [7, 11) is 0. The SMILES string of the molecule is C=CC(=O)OCCn1c(O)cc(C)c1O. The van der Waals surface area contributed by atoms with Gasteiger partial charge in [-0.3, -0.25) is 4.57 Å². The topological polar surface area (TPSA) is 71.7 Å². The summed E-state index contributed by atoms with van der Waals surface area (Å²) in [6.45, 7) is 5.18. The number of hydrogen-bond acceptors (Lipinski definition) is 4. The summed E-state index contributed by atoms with van der Waals surface area (Å²) >= 11 is 0. The van der Waals surface area contributed by atoms with Gasteiger partial charge >= 0.3 is 5.97 Å². The number of aromatic nitrogens is 1. The van der Waals surface area contributed by atoms with Crippen molar-refractivity contribution < 1.29 is 19.7 Å². The predicted octanol–water partition coefficient (Wildman–Crippen LogP) is 0.937. The van der Waals surface area contributed by atoms with Gasteiger partial charge in [0, 0.05) is 17.7 Å². The molecule has 5 nitrogen and oxygen atoms in total. The van der Waals surface area contributed by atoms with Crippen molar-refractivity contribution in [2.45, 2.75) is 13.5 Å². The van der Waals surface area contributed by atoms with Crippen LogP contribution in [0.3, 0.4) is 0 Å². The van der Waals surface area contributed by atoms with Gasteiger partial charge in [-0.15, -0.1) is 0 Å². The molecule has 1 aromatic rings. The molecule has 0 aliphatic rings. The lowest BCUT2D eigenvalue weighted by atomic mass is 10.4. The Morgan fingerprint density at radius 2 is 2.33 bits per heavy atom. The first-order valence-corrected chi connectivity index (χ1v) is 4.43. The molecule has 1 rings (SSSR count). The van der Waals surface area contributed by atoms with E-state index in [0.29, 0.717) is 5.56 Å². The van der Waals surface area contributed by atoms with E-state index in [0.717, 1.165) is 6.08 Å². The third-order valence-electron chi connectivity index (χ3n) is 1.96. The van der Waals surface area contributed by atoms with Gasteiger partial charge in [-0.05, 0) is 6.92 Å². The highest BCUT2D eigenvalue weighted by Gasteiger charge is 2.10. The lowest BCUT2D eigenvalue weighted by Crippen LogP contribution is -2.08. The molecule has 0 spiro atoms. The molecular weight excluding hydrogens is 198 g/mol. The largest absolute Gasteiger partial charge is 0.494 e. The second kappa shape index (κ2) is 4.54. The minimum absolute atomic E-state index is 0.0258. The minimum atomic E-state index is -0.530. The number of ether oxygens (including phenoxy) is 1. The standard InChI is InChI=1S/C10H13NO4/c1-3-9(13)15-5-4-11-8(12)6-7(2)10(11)14/h3,6,12,14H,1,4-5H2,2H3. The fourth-order valence-electron chi connectivity index (χ4n) is 1.17. The number of nitrogens with zero attached hydrogens (tertiary/aromatic N) is 1. The van der Waals surface area contributed by atoms with Gasteiger partial charge in [0.1, 0.15) is 6.61 Å². The Balaban J connectivity index is 2.57. The number of aromatic hydroxyl groups is 2. The van der Waals surface area contributed by atoms with E-state index in [2.05, 4.69) is 6.58 Å². The van der Waals surface area contributed by atoms with E-state index in [9.17, 15) is 15.0 Å². The molecule has 0 fully saturated rings. The smallest absolute Gasteiger partial charge is 0.330 e. The summed E-state index contributed by atoms with van der Waals surface area (Å²) in [6, 6.07) is 1.44. The number of aryl methyl sites for hydroxylation is 1. The Morgan fingerprint density at radius 1 is 1.67 bits per heavy atom. The maximum absolute atomic E-state index is 10.7. The van der Waals surface area contributed by atoms with Gasteiger partial charge in [-0.25, -0.2) is 4.79 Å². The monoisotopic (exact) mass is 211 g/mol. The van der Waals surface area contributed by atoms with Crippen molar-refractivity contribution in [1.29, 1.82) is 0 Å². The first kappa shape index (κ1) is 11.2. The average molecular weight is 211 g/mol. The van der Waals surface area contributed by atoms with E-state index >= 15 is 0 Å². The second-order valence-electron chi connectivity index (χ2n) is 3.03. The van der Waals surface area contributed by atoms with E-state index in [1.165, 1.54) is 10.6 Å². The van der Waals surface area contributed by atoms with Crippen molar-refractivity contribution in [2.24, 2.45) is 0 Å². The first-order valence-electron chi connectivity index (χ1n) is 4.43. The molecule has 0 atom stereocenters. The highest BCUT2D eigenvalue weighted by atomic mass is 16.5.